The Bertz CT molecular complexity index is 1180. The van der Waals surface area contributed by atoms with Crippen LogP contribution in [0.5, 0.6) is 0 Å². The lowest BCUT2D eigenvalue weighted by atomic mass is 10.2. The number of hydrogen-bond donors (Lipinski definition) is 1. The summed E-state index contributed by atoms with van der Waals surface area (Å²) in [5.41, 5.74) is -0.106. The first kappa shape index (κ1) is 19.4. The van der Waals surface area contributed by atoms with Gasteiger partial charge < -0.3 is 9.72 Å². The molecule has 0 aliphatic carbocycles. The number of pyridine rings is 1. The smallest absolute Gasteiger partial charge is 0.356 e. The molecular formula is C18H17BrN2O5S. The molecule has 0 saturated heterocycles. The number of H-pyrrole nitrogens is 1. The zero-order valence-electron chi connectivity index (χ0n) is 14.7. The molecular weight excluding hydrogens is 436 g/mol. The molecule has 1 aromatic carbocycles. The van der Waals surface area contributed by atoms with Gasteiger partial charge in [0.1, 0.15) is 11.2 Å². The summed E-state index contributed by atoms with van der Waals surface area (Å²) in [7, 11) is -4.19. The van der Waals surface area contributed by atoms with Gasteiger partial charge in [-0.3, -0.25) is 4.79 Å². The Morgan fingerprint density at radius 2 is 1.89 bits per heavy atom. The van der Waals surface area contributed by atoms with Crippen LogP contribution in [0.1, 0.15) is 29.4 Å². The molecule has 9 heteroatoms. The Morgan fingerprint density at radius 3 is 2.52 bits per heavy atom. The number of aromatic nitrogens is 2. The quantitative estimate of drug-likeness (QED) is 0.473. The van der Waals surface area contributed by atoms with Crippen molar-refractivity contribution in [2.24, 2.45) is 0 Å². The molecule has 0 aliphatic heterocycles. The standard InChI is InChI=1S/C18H17BrN2O5S/c1-3-8-26-18(23)14-9-12-10-15(19)20-17(22)16(12)21(14)27(24,25)13-6-4-11(2)5-7-13/h4-7,9-10H,3,8H2,1-2H3,(H,20,22). The van der Waals surface area contributed by atoms with Crippen LogP contribution in [0.2, 0.25) is 0 Å². The molecule has 2 heterocycles. The van der Waals surface area contributed by atoms with Gasteiger partial charge in [-0.1, -0.05) is 24.6 Å². The summed E-state index contributed by atoms with van der Waals surface area (Å²) in [4.78, 5) is 27.4. The Hall–Kier alpha value is -2.39. The van der Waals surface area contributed by atoms with Gasteiger partial charge in [0.05, 0.1) is 16.1 Å². The number of esters is 1. The average molecular weight is 453 g/mol. The van der Waals surface area contributed by atoms with Crippen LogP contribution in [0.3, 0.4) is 0 Å². The zero-order valence-corrected chi connectivity index (χ0v) is 17.1. The van der Waals surface area contributed by atoms with Gasteiger partial charge in [0.15, 0.2) is 0 Å². The van der Waals surface area contributed by atoms with Crippen molar-refractivity contribution >= 4 is 42.8 Å². The highest BCUT2D eigenvalue weighted by Gasteiger charge is 2.29. The zero-order chi connectivity index (χ0) is 19.8. The highest BCUT2D eigenvalue weighted by molar-refractivity contribution is 9.10. The molecule has 7 nitrogen and oxygen atoms in total. The van der Waals surface area contributed by atoms with Crippen LogP contribution < -0.4 is 5.56 Å². The van der Waals surface area contributed by atoms with Gasteiger partial charge in [0.2, 0.25) is 0 Å². The van der Waals surface area contributed by atoms with E-state index < -0.39 is 21.6 Å². The number of aromatic amines is 1. The van der Waals surface area contributed by atoms with Crippen LogP contribution in [0.4, 0.5) is 0 Å². The molecule has 0 aliphatic rings. The molecule has 0 atom stereocenters. The van der Waals surface area contributed by atoms with E-state index in [0.29, 0.717) is 16.4 Å². The number of rotatable bonds is 5. The molecule has 0 bridgehead atoms. The van der Waals surface area contributed by atoms with Gasteiger partial charge >= 0.3 is 5.97 Å². The van der Waals surface area contributed by atoms with E-state index in [1.165, 1.54) is 24.3 Å². The molecule has 27 heavy (non-hydrogen) atoms. The van der Waals surface area contributed by atoms with Gasteiger partial charge in [0, 0.05) is 5.39 Å². The molecule has 3 rings (SSSR count). The molecule has 0 unspecified atom stereocenters. The Morgan fingerprint density at radius 1 is 1.22 bits per heavy atom. The van der Waals surface area contributed by atoms with Crippen molar-refractivity contribution in [2.75, 3.05) is 6.61 Å². The van der Waals surface area contributed by atoms with E-state index in [4.69, 9.17) is 4.74 Å². The minimum atomic E-state index is -4.19. The minimum absolute atomic E-state index is 0.0301. The number of aryl methyl sites for hydroxylation is 1. The van der Waals surface area contributed by atoms with E-state index in [1.807, 2.05) is 13.8 Å². The second-order valence-corrected chi connectivity index (χ2v) is 8.64. The van der Waals surface area contributed by atoms with E-state index in [-0.39, 0.29) is 22.7 Å². The summed E-state index contributed by atoms with van der Waals surface area (Å²) in [5, 5.41) is 0.310. The van der Waals surface area contributed by atoms with E-state index >= 15 is 0 Å². The fourth-order valence-electron chi connectivity index (χ4n) is 2.66. The summed E-state index contributed by atoms with van der Waals surface area (Å²) in [6.45, 7) is 3.80. The summed E-state index contributed by atoms with van der Waals surface area (Å²) >= 11 is 3.17. The lowest BCUT2D eigenvalue weighted by Crippen LogP contribution is -2.23. The molecule has 1 N–H and O–H groups in total. The number of nitrogens with zero attached hydrogens (tertiary/aromatic N) is 1. The van der Waals surface area contributed by atoms with Crippen molar-refractivity contribution in [1.29, 1.82) is 0 Å². The molecule has 0 fully saturated rings. The van der Waals surface area contributed by atoms with Crippen LogP contribution >= 0.6 is 15.9 Å². The summed E-state index contributed by atoms with van der Waals surface area (Å²) in [6, 6.07) is 9.05. The van der Waals surface area contributed by atoms with Crippen molar-refractivity contribution in [1.82, 2.24) is 8.96 Å². The predicted octanol–water partition coefficient (Wildman–Crippen LogP) is 3.20. The molecule has 2 aromatic heterocycles. The van der Waals surface area contributed by atoms with E-state index in [1.54, 1.807) is 12.1 Å². The Balaban J connectivity index is 2.33. The van der Waals surface area contributed by atoms with Crippen molar-refractivity contribution in [2.45, 2.75) is 25.2 Å². The Kier molecular flexibility index (Phi) is 5.25. The number of benzene rings is 1. The van der Waals surface area contributed by atoms with Crippen LogP contribution in [0, 0.1) is 6.92 Å². The number of carbonyl (C=O) groups excluding carboxylic acids is 1. The summed E-state index contributed by atoms with van der Waals surface area (Å²) in [6.07, 6.45) is 0.586. The third kappa shape index (κ3) is 3.57. The summed E-state index contributed by atoms with van der Waals surface area (Å²) < 4.78 is 32.7. The summed E-state index contributed by atoms with van der Waals surface area (Å²) in [5.74, 6) is -0.806. The maximum atomic E-state index is 13.2. The second-order valence-electron chi connectivity index (χ2n) is 6.00. The van der Waals surface area contributed by atoms with Gasteiger partial charge in [-0.25, -0.2) is 17.2 Å². The van der Waals surface area contributed by atoms with Gasteiger partial charge in [-0.2, -0.15) is 0 Å². The first-order valence-electron chi connectivity index (χ1n) is 8.19. The SMILES string of the molecule is CCCOC(=O)c1cc2cc(Br)[nH]c(=O)c2n1S(=O)(=O)c1ccc(C)cc1. The first-order chi connectivity index (χ1) is 12.8. The van der Waals surface area contributed by atoms with Crippen LogP contribution in [-0.2, 0) is 14.8 Å². The van der Waals surface area contributed by atoms with Crippen LogP contribution in [0.15, 0.2) is 50.7 Å². The van der Waals surface area contributed by atoms with Crippen LogP contribution in [0.25, 0.3) is 10.9 Å². The maximum Gasteiger partial charge on any atom is 0.356 e. The predicted molar refractivity (Wildman–Crippen MR) is 105 cm³/mol. The number of carbonyl (C=O) groups is 1. The minimum Gasteiger partial charge on any atom is -0.461 e. The highest BCUT2D eigenvalue weighted by atomic mass is 79.9. The third-order valence-corrected chi connectivity index (χ3v) is 6.08. The first-order valence-corrected chi connectivity index (χ1v) is 10.4. The van der Waals surface area contributed by atoms with Crippen molar-refractivity contribution < 1.29 is 17.9 Å². The maximum absolute atomic E-state index is 13.2. The van der Waals surface area contributed by atoms with E-state index in [0.717, 1.165) is 9.54 Å². The number of ether oxygens (including phenoxy) is 1. The van der Waals surface area contributed by atoms with Gasteiger partial charge in [-0.05, 0) is 53.5 Å². The molecule has 142 valence electrons. The lowest BCUT2D eigenvalue weighted by Gasteiger charge is -2.11. The topological polar surface area (TPSA) is 98.2 Å². The molecule has 0 saturated carbocycles. The fraction of sp³-hybridized carbons (Fsp3) is 0.222. The molecule has 0 radical (unpaired) electrons. The van der Waals surface area contributed by atoms with Gasteiger partial charge in [0.25, 0.3) is 15.6 Å². The highest BCUT2D eigenvalue weighted by Crippen LogP contribution is 2.26. The van der Waals surface area contributed by atoms with Crippen molar-refractivity contribution in [3.8, 4) is 0 Å². The number of halogens is 1. The van der Waals surface area contributed by atoms with E-state index in [9.17, 15) is 18.0 Å². The van der Waals surface area contributed by atoms with E-state index in [2.05, 4.69) is 20.9 Å². The second kappa shape index (κ2) is 7.32. The largest absolute Gasteiger partial charge is 0.461 e. The van der Waals surface area contributed by atoms with Gasteiger partial charge in [-0.15, -0.1) is 0 Å². The fourth-order valence-corrected chi connectivity index (χ4v) is 4.59. The number of fused-ring (bicyclic) bond motifs is 1. The lowest BCUT2D eigenvalue weighted by molar-refractivity contribution is 0.0497. The number of hydrogen-bond acceptors (Lipinski definition) is 5. The third-order valence-electron chi connectivity index (χ3n) is 3.92. The average Bonchev–Trinajstić information content (AvgIpc) is 3.00. The van der Waals surface area contributed by atoms with Crippen molar-refractivity contribution in [3.05, 3.63) is 62.6 Å². The molecule has 0 spiro atoms. The monoisotopic (exact) mass is 452 g/mol. The molecule has 3 aromatic rings. The molecule has 0 amide bonds. The number of nitrogens with one attached hydrogen (secondary N) is 1. The Labute approximate surface area is 164 Å². The van der Waals surface area contributed by atoms with Crippen LogP contribution in [-0.4, -0.2) is 30.0 Å². The van der Waals surface area contributed by atoms with Crippen molar-refractivity contribution in [3.63, 3.8) is 0 Å². The normalized spacial score (nSPS) is 11.7.